The second-order valence-corrected chi connectivity index (χ2v) is 4.14. The Labute approximate surface area is 69.6 Å². The summed E-state index contributed by atoms with van der Waals surface area (Å²) < 4.78 is 22.8. The Balaban J connectivity index is 3.70. The molecule has 0 radical (unpaired) electrons. The molecule has 68 valence electrons. The highest BCUT2D eigenvalue weighted by Gasteiger charge is 2.21. The summed E-state index contributed by atoms with van der Waals surface area (Å²) in [6.45, 7) is 5.94. The fourth-order valence-corrected chi connectivity index (χ4v) is 0.645. The monoisotopic (exact) mass is 181 g/mol. The zero-order valence-corrected chi connectivity index (χ0v) is 7.85. The van der Waals surface area contributed by atoms with Gasteiger partial charge in [0.05, 0.1) is 6.61 Å². The van der Waals surface area contributed by atoms with Crippen LogP contribution in [-0.4, -0.2) is 21.4 Å². The summed E-state index contributed by atoms with van der Waals surface area (Å²) in [5.74, 6) is 0. The van der Waals surface area contributed by atoms with Crippen molar-refractivity contribution in [3.05, 3.63) is 0 Å². The third-order valence-electron chi connectivity index (χ3n) is 1.46. The first-order chi connectivity index (χ1) is 4.84. The van der Waals surface area contributed by atoms with E-state index in [-0.39, 0.29) is 18.1 Å². The quantitative estimate of drug-likeness (QED) is 0.622. The van der Waals surface area contributed by atoms with Crippen LogP contribution in [0.3, 0.4) is 0 Å². The number of rotatable bonds is 3. The molecule has 0 saturated carbocycles. The van der Waals surface area contributed by atoms with Crippen molar-refractivity contribution in [3.8, 4) is 0 Å². The van der Waals surface area contributed by atoms with Gasteiger partial charge in [-0.1, -0.05) is 20.8 Å². The van der Waals surface area contributed by atoms with Crippen molar-refractivity contribution in [1.29, 1.82) is 0 Å². The van der Waals surface area contributed by atoms with Gasteiger partial charge >= 0.3 is 11.4 Å². The lowest BCUT2D eigenvalue weighted by Crippen LogP contribution is -2.39. The van der Waals surface area contributed by atoms with Gasteiger partial charge in [-0.25, -0.2) is 0 Å². The van der Waals surface area contributed by atoms with Crippen molar-refractivity contribution in [1.82, 2.24) is 0 Å². The predicted octanol–water partition coefficient (Wildman–Crippen LogP) is 0.513. The molecule has 0 rings (SSSR count). The average molecular weight is 181 g/mol. The summed E-state index contributed by atoms with van der Waals surface area (Å²) in [5.41, 5.74) is 5.53. The Bertz CT molecular complexity index is 143. The zero-order chi connectivity index (χ0) is 9.07. The van der Waals surface area contributed by atoms with Gasteiger partial charge in [0.1, 0.15) is 0 Å². The highest BCUT2D eigenvalue weighted by Crippen LogP contribution is 2.17. The van der Waals surface area contributed by atoms with E-state index in [1.807, 2.05) is 20.8 Å². The van der Waals surface area contributed by atoms with Crippen LogP contribution in [0.4, 0.5) is 0 Å². The molecule has 0 bridgehead atoms. The van der Waals surface area contributed by atoms with E-state index in [2.05, 4.69) is 4.18 Å². The van der Waals surface area contributed by atoms with Crippen LogP contribution in [0.5, 0.6) is 0 Å². The van der Waals surface area contributed by atoms with Crippen LogP contribution in [0, 0.1) is 5.41 Å². The molecule has 0 aromatic heterocycles. The van der Waals surface area contributed by atoms with Crippen LogP contribution in [0.15, 0.2) is 0 Å². The van der Waals surface area contributed by atoms with Crippen LogP contribution >= 0.6 is 0 Å². The smallest absolute Gasteiger partial charge is 0.301 e. The van der Waals surface area contributed by atoms with E-state index in [0.29, 0.717) is 0 Å². The van der Waals surface area contributed by atoms with E-state index in [1.165, 1.54) is 0 Å². The molecule has 0 aromatic rings. The number of nitrogens with two attached hydrogens (primary N) is 1. The fraction of sp³-hybridized carbons (Fsp3) is 1.00. The maximum atomic E-state index is 10.1. The van der Waals surface area contributed by atoms with Gasteiger partial charge in [0.15, 0.2) is 0 Å². The minimum atomic E-state index is -2.20. The molecule has 0 aliphatic rings. The maximum absolute atomic E-state index is 10.1. The summed E-state index contributed by atoms with van der Waals surface area (Å²) in [6.07, 6.45) is 0. The fourth-order valence-electron chi connectivity index (χ4n) is 0.382. The van der Waals surface area contributed by atoms with E-state index in [1.54, 1.807) is 0 Å². The molecular formula is C6H15NO3S. The van der Waals surface area contributed by atoms with Gasteiger partial charge in [-0.3, -0.25) is 8.74 Å². The summed E-state index contributed by atoms with van der Waals surface area (Å²) in [4.78, 5) is 0. The van der Waals surface area contributed by atoms with Crippen molar-refractivity contribution < 1.29 is 12.9 Å². The summed E-state index contributed by atoms with van der Waals surface area (Å²) in [5, 5.41) is 0. The summed E-state index contributed by atoms with van der Waals surface area (Å²) >= 11 is -2.20. The Morgan fingerprint density at radius 1 is 1.64 bits per heavy atom. The molecule has 0 aliphatic heterocycles. The van der Waals surface area contributed by atoms with Gasteiger partial charge in [-0.15, -0.1) is 0 Å². The van der Waals surface area contributed by atoms with Crippen LogP contribution in [0.1, 0.15) is 20.8 Å². The molecule has 0 aliphatic carbocycles. The van der Waals surface area contributed by atoms with Gasteiger partial charge in [0, 0.05) is 6.04 Å². The van der Waals surface area contributed by atoms with Gasteiger partial charge < -0.3 is 5.73 Å². The predicted molar refractivity (Wildman–Crippen MR) is 44.2 cm³/mol. The average Bonchev–Trinajstić information content (AvgIpc) is 1.80. The lowest BCUT2D eigenvalue weighted by atomic mass is 9.88. The molecule has 0 saturated heterocycles. The largest absolute Gasteiger partial charge is 0.325 e. The highest BCUT2D eigenvalue weighted by atomic mass is 32.2. The Hall–Kier alpha value is 0.0300. The lowest BCUT2D eigenvalue weighted by Gasteiger charge is -2.25. The molecule has 0 amide bonds. The molecule has 2 unspecified atom stereocenters. The number of hydrogen-bond donors (Lipinski definition) is 2. The molecule has 0 heterocycles. The summed E-state index contributed by atoms with van der Waals surface area (Å²) in [6, 6.07) is -0.224. The Morgan fingerprint density at radius 3 is 2.36 bits per heavy atom. The minimum absolute atomic E-state index is 0.0978. The van der Waals surface area contributed by atoms with Crippen LogP contribution in [0.2, 0.25) is 0 Å². The van der Waals surface area contributed by atoms with E-state index < -0.39 is 11.4 Å². The van der Waals surface area contributed by atoms with Crippen molar-refractivity contribution in [2.24, 2.45) is 11.1 Å². The van der Waals surface area contributed by atoms with Gasteiger partial charge in [0.25, 0.3) is 0 Å². The van der Waals surface area contributed by atoms with Gasteiger partial charge in [0.2, 0.25) is 0 Å². The Morgan fingerprint density at radius 2 is 2.09 bits per heavy atom. The topological polar surface area (TPSA) is 72.5 Å². The molecule has 3 N–H and O–H groups in total. The van der Waals surface area contributed by atoms with E-state index >= 15 is 0 Å². The Kier molecular flexibility index (Phi) is 4.17. The minimum Gasteiger partial charge on any atom is -0.325 e. The second-order valence-electron chi connectivity index (χ2n) is 3.47. The SMILES string of the molecule is CC(C)(C)C(N)COS(=O)O. The van der Waals surface area contributed by atoms with Gasteiger partial charge in [-0.2, -0.15) is 4.21 Å². The molecule has 11 heavy (non-hydrogen) atoms. The second kappa shape index (κ2) is 4.15. The first-order valence-electron chi connectivity index (χ1n) is 3.33. The maximum Gasteiger partial charge on any atom is 0.301 e. The van der Waals surface area contributed by atoms with Crippen LogP contribution < -0.4 is 5.73 Å². The molecule has 4 nitrogen and oxygen atoms in total. The first kappa shape index (κ1) is 11.0. The third-order valence-corrected chi connectivity index (χ3v) is 1.80. The zero-order valence-electron chi connectivity index (χ0n) is 7.03. The van der Waals surface area contributed by atoms with Gasteiger partial charge in [-0.05, 0) is 5.41 Å². The third kappa shape index (κ3) is 5.32. The van der Waals surface area contributed by atoms with E-state index in [4.69, 9.17) is 10.3 Å². The molecule has 0 fully saturated rings. The van der Waals surface area contributed by atoms with E-state index in [9.17, 15) is 4.21 Å². The van der Waals surface area contributed by atoms with Crippen molar-refractivity contribution in [3.63, 3.8) is 0 Å². The lowest BCUT2D eigenvalue weighted by molar-refractivity contribution is 0.206. The van der Waals surface area contributed by atoms with Crippen molar-refractivity contribution >= 4 is 11.4 Å². The van der Waals surface area contributed by atoms with Crippen LogP contribution in [-0.2, 0) is 15.5 Å². The standard InChI is InChI=1S/C6H15NO3S/c1-6(2,3)5(7)4-10-11(8)9/h5H,4,7H2,1-3H3,(H,8,9). The highest BCUT2D eigenvalue weighted by molar-refractivity contribution is 7.74. The number of hydrogen-bond acceptors (Lipinski definition) is 3. The van der Waals surface area contributed by atoms with Crippen molar-refractivity contribution in [2.45, 2.75) is 26.8 Å². The normalized spacial score (nSPS) is 17.9. The van der Waals surface area contributed by atoms with Crippen LogP contribution in [0.25, 0.3) is 0 Å². The first-order valence-corrected chi connectivity index (χ1v) is 4.37. The molecule has 0 aromatic carbocycles. The molecular weight excluding hydrogens is 166 g/mol. The van der Waals surface area contributed by atoms with E-state index in [0.717, 1.165) is 0 Å². The summed E-state index contributed by atoms with van der Waals surface area (Å²) in [7, 11) is 0. The molecule has 5 heteroatoms. The van der Waals surface area contributed by atoms with Crippen molar-refractivity contribution in [2.75, 3.05) is 6.61 Å². The molecule has 0 spiro atoms. The molecule has 2 atom stereocenters.